The van der Waals surface area contributed by atoms with Crippen molar-refractivity contribution in [1.82, 2.24) is 20.2 Å². The van der Waals surface area contributed by atoms with Gasteiger partial charge in [-0.15, -0.1) is 0 Å². The van der Waals surface area contributed by atoms with Crippen molar-refractivity contribution >= 4 is 0 Å². The summed E-state index contributed by atoms with van der Waals surface area (Å²) in [5.74, 6) is 0.554. The van der Waals surface area contributed by atoms with Crippen molar-refractivity contribution in [3.63, 3.8) is 0 Å². The number of ether oxygens (including phenoxy) is 1. The van der Waals surface area contributed by atoms with Gasteiger partial charge < -0.3 is 4.74 Å². The van der Waals surface area contributed by atoms with Gasteiger partial charge >= 0.3 is 0 Å². The monoisotopic (exact) mass is 302 g/mol. The Bertz CT molecular complexity index is 730. The quantitative estimate of drug-likeness (QED) is 0.784. The zero-order chi connectivity index (χ0) is 15.4. The Kier molecular flexibility index (Phi) is 4.04. The minimum atomic E-state index is -2.59. The number of hydrogen-bond acceptors (Lipinski definition) is 4. The van der Waals surface area contributed by atoms with Crippen LogP contribution >= 0.6 is 0 Å². The predicted molar refractivity (Wildman–Crippen MR) is 75.3 cm³/mol. The topological polar surface area (TPSA) is 63.7 Å². The van der Waals surface area contributed by atoms with Crippen LogP contribution in [0.5, 0.6) is 5.75 Å². The molecule has 0 amide bonds. The summed E-state index contributed by atoms with van der Waals surface area (Å²) in [4.78, 5) is 7.86. The van der Waals surface area contributed by atoms with E-state index in [0.717, 1.165) is 11.4 Å². The van der Waals surface area contributed by atoms with Gasteiger partial charge in [0.2, 0.25) is 0 Å². The van der Waals surface area contributed by atoms with Gasteiger partial charge in [0.1, 0.15) is 18.1 Å². The molecule has 112 valence electrons. The Balaban J connectivity index is 1.65. The first-order valence-corrected chi connectivity index (χ1v) is 6.54. The first-order chi connectivity index (χ1) is 10.7. The molecular formula is C15H12F2N4O. The van der Waals surface area contributed by atoms with Crippen LogP contribution in [0.25, 0.3) is 11.4 Å². The fraction of sp³-hybridized carbons (Fsp3) is 0.133. The van der Waals surface area contributed by atoms with E-state index < -0.39 is 6.43 Å². The van der Waals surface area contributed by atoms with Crippen LogP contribution in [0, 0.1) is 0 Å². The molecule has 22 heavy (non-hydrogen) atoms. The zero-order valence-electron chi connectivity index (χ0n) is 11.4. The van der Waals surface area contributed by atoms with Gasteiger partial charge in [0.25, 0.3) is 6.43 Å². The third-order valence-corrected chi connectivity index (χ3v) is 2.99. The van der Waals surface area contributed by atoms with E-state index >= 15 is 0 Å². The number of pyridine rings is 2. The average molecular weight is 302 g/mol. The fourth-order valence-corrected chi connectivity index (χ4v) is 1.89. The van der Waals surface area contributed by atoms with Crippen LogP contribution in [-0.4, -0.2) is 20.2 Å². The van der Waals surface area contributed by atoms with E-state index in [1.54, 1.807) is 30.6 Å². The smallest absolute Gasteiger partial charge is 0.280 e. The van der Waals surface area contributed by atoms with Crippen LogP contribution in [0.2, 0.25) is 0 Å². The normalized spacial score (nSPS) is 10.9. The lowest BCUT2D eigenvalue weighted by Crippen LogP contribution is -1.99. The SMILES string of the molecule is FC(F)c1cc(COc2ccc(-c3ccn[nH]3)nc2)ccn1. The molecule has 0 fully saturated rings. The van der Waals surface area contributed by atoms with Gasteiger partial charge in [0, 0.05) is 12.4 Å². The molecule has 0 aliphatic rings. The molecule has 0 spiro atoms. The van der Waals surface area contributed by atoms with Crippen molar-refractivity contribution in [3.8, 4) is 17.1 Å². The molecular weight excluding hydrogens is 290 g/mol. The standard InChI is InChI=1S/C15H12F2N4O/c16-15(17)14-7-10(3-5-18-14)9-22-11-1-2-12(19-8-11)13-4-6-20-21-13/h1-8,15H,9H2,(H,20,21). The number of rotatable bonds is 5. The first kappa shape index (κ1) is 14.1. The predicted octanol–water partition coefficient (Wildman–Crippen LogP) is 3.38. The summed E-state index contributed by atoms with van der Waals surface area (Å²) in [5.41, 5.74) is 1.92. The summed E-state index contributed by atoms with van der Waals surface area (Å²) >= 11 is 0. The Hall–Kier alpha value is -2.83. The summed E-state index contributed by atoms with van der Waals surface area (Å²) in [5, 5.41) is 6.67. The number of H-pyrrole nitrogens is 1. The summed E-state index contributed by atoms with van der Waals surface area (Å²) < 4.78 is 30.7. The molecule has 0 atom stereocenters. The van der Waals surface area contributed by atoms with Crippen LogP contribution in [0.4, 0.5) is 8.78 Å². The van der Waals surface area contributed by atoms with Gasteiger partial charge in [-0.1, -0.05) is 0 Å². The van der Waals surface area contributed by atoms with Gasteiger partial charge in [-0.25, -0.2) is 8.78 Å². The molecule has 0 saturated heterocycles. The Morgan fingerprint density at radius 2 is 2.00 bits per heavy atom. The maximum Gasteiger partial charge on any atom is 0.280 e. The van der Waals surface area contributed by atoms with E-state index in [-0.39, 0.29) is 12.3 Å². The van der Waals surface area contributed by atoms with Gasteiger partial charge in [-0.2, -0.15) is 5.10 Å². The molecule has 1 N–H and O–H groups in total. The molecule has 0 bridgehead atoms. The maximum absolute atomic E-state index is 12.6. The zero-order valence-corrected chi connectivity index (χ0v) is 11.4. The minimum Gasteiger partial charge on any atom is -0.487 e. The van der Waals surface area contributed by atoms with E-state index in [0.29, 0.717) is 11.3 Å². The van der Waals surface area contributed by atoms with Crippen molar-refractivity contribution in [1.29, 1.82) is 0 Å². The molecule has 3 heterocycles. The Morgan fingerprint density at radius 1 is 1.09 bits per heavy atom. The first-order valence-electron chi connectivity index (χ1n) is 6.54. The third kappa shape index (κ3) is 3.25. The second-order valence-electron chi connectivity index (χ2n) is 4.53. The van der Waals surface area contributed by atoms with E-state index in [4.69, 9.17) is 4.74 Å². The number of aromatic nitrogens is 4. The molecule has 0 aliphatic carbocycles. The Labute approximate surface area is 125 Å². The lowest BCUT2D eigenvalue weighted by molar-refractivity contribution is 0.146. The van der Waals surface area contributed by atoms with Gasteiger partial charge in [-0.05, 0) is 35.9 Å². The highest BCUT2D eigenvalue weighted by Crippen LogP contribution is 2.19. The summed E-state index contributed by atoms with van der Waals surface area (Å²) in [6, 6.07) is 8.33. The van der Waals surface area contributed by atoms with Crippen molar-refractivity contribution in [3.05, 3.63) is 60.2 Å². The third-order valence-electron chi connectivity index (χ3n) is 2.99. The number of alkyl halides is 2. The molecule has 3 aromatic heterocycles. The van der Waals surface area contributed by atoms with Crippen molar-refractivity contribution in [2.24, 2.45) is 0 Å². The van der Waals surface area contributed by atoms with Gasteiger partial charge in [0.05, 0.1) is 17.6 Å². The fourth-order valence-electron chi connectivity index (χ4n) is 1.89. The van der Waals surface area contributed by atoms with Crippen LogP contribution in [0.15, 0.2) is 48.9 Å². The number of aromatic amines is 1. The van der Waals surface area contributed by atoms with Crippen molar-refractivity contribution in [2.45, 2.75) is 13.0 Å². The number of nitrogens with one attached hydrogen (secondary N) is 1. The molecule has 0 radical (unpaired) electrons. The highest BCUT2D eigenvalue weighted by molar-refractivity contribution is 5.53. The van der Waals surface area contributed by atoms with E-state index in [1.807, 2.05) is 6.07 Å². The summed E-state index contributed by atoms with van der Waals surface area (Å²) in [6.45, 7) is 0.174. The lowest BCUT2D eigenvalue weighted by atomic mass is 10.2. The van der Waals surface area contributed by atoms with Crippen LogP contribution < -0.4 is 4.74 Å². The van der Waals surface area contributed by atoms with Crippen LogP contribution in [0.1, 0.15) is 17.7 Å². The number of halogens is 2. The summed E-state index contributed by atoms with van der Waals surface area (Å²) in [7, 11) is 0. The van der Waals surface area contributed by atoms with Crippen LogP contribution in [-0.2, 0) is 6.61 Å². The highest BCUT2D eigenvalue weighted by Gasteiger charge is 2.09. The molecule has 0 aromatic carbocycles. The minimum absolute atomic E-state index is 0.174. The second kappa shape index (κ2) is 6.30. The average Bonchev–Trinajstić information content (AvgIpc) is 3.08. The molecule has 0 aliphatic heterocycles. The molecule has 0 saturated carbocycles. The van der Waals surface area contributed by atoms with E-state index in [1.165, 1.54) is 12.3 Å². The highest BCUT2D eigenvalue weighted by atomic mass is 19.3. The maximum atomic E-state index is 12.6. The van der Waals surface area contributed by atoms with Crippen molar-refractivity contribution < 1.29 is 13.5 Å². The number of nitrogens with zero attached hydrogens (tertiary/aromatic N) is 3. The Morgan fingerprint density at radius 3 is 2.68 bits per heavy atom. The van der Waals surface area contributed by atoms with Crippen LogP contribution in [0.3, 0.4) is 0 Å². The van der Waals surface area contributed by atoms with Crippen molar-refractivity contribution in [2.75, 3.05) is 0 Å². The number of hydrogen-bond donors (Lipinski definition) is 1. The molecule has 5 nitrogen and oxygen atoms in total. The lowest BCUT2D eigenvalue weighted by Gasteiger charge is -2.07. The van der Waals surface area contributed by atoms with Gasteiger partial charge in [0.15, 0.2) is 0 Å². The summed E-state index contributed by atoms with van der Waals surface area (Å²) in [6.07, 6.45) is 1.98. The van der Waals surface area contributed by atoms with Gasteiger partial charge in [-0.3, -0.25) is 15.1 Å². The molecule has 3 aromatic rings. The largest absolute Gasteiger partial charge is 0.487 e. The van der Waals surface area contributed by atoms with E-state index in [2.05, 4.69) is 20.2 Å². The second-order valence-corrected chi connectivity index (χ2v) is 4.53. The molecule has 3 rings (SSSR count). The van der Waals surface area contributed by atoms with E-state index in [9.17, 15) is 8.78 Å². The molecule has 7 heteroatoms. The molecule has 0 unspecified atom stereocenters.